The molecule has 31 heavy (non-hydrogen) atoms. The number of rotatable bonds is 5. The fraction of sp³-hybridized carbons (Fsp3) is 0.500. The fourth-order valence-corrected chi connectivity index (χ4v) is 6.01. The van der Waals surface area contributed by atoms with Gasteiger partial charge in [-0.25, -0.2) is 4.98 Å². The summed E-state index contributed by atoms with van der Waals surface area (Å²) in [5, 5.41) is 0.859. The van der Waals surface area contributed by atoms with Crippen molar-refractivity contribution in [1.82, 2.24) is 19.4 Å². The average Bonchev–Trinajstić information content (AvgIpc) is 3.33. The molecule has 2 aliphatic heterocycles. The number of anilines is 1. The minimum Gasteiger partial charge on any atom is -0.369 e. The molecule has 1 aromatic carbocycles. The Hall–Kier alpha value is -2.22. The van der Waals surface area contributed by atoms with Crippen LogP contribution in [0.15, 0.2) is 29.3 Å². The van der Waals surface area contributed by atoms with Crippen LogP contribution >= 0.6 is 11.3 Å². The Morgan fingerprint density at radius 1 is 1.03 bits per heavy atom. The van der Waals surface area contributed by atoms with Gasteiger partial charge in [0.15, 0.2) is 0 Å². The van der Waals surface area contributed by atoms with E-state index in [0.717, 1.165) is 62.6 Å². The number of benzene rings is 1. The summed E-state index contributed by atoms with van der Waals surface area (Å²) in [4.78, 5) is 27.4. The second kappa shape index (κ2) is 8.37. The van der Waals surface area contributed by atoms with Crippen molar-refractivity contribution in [2.45, 2.75) is 40.4 Å². The minimum absolute atomic E-state index is 0.134. The van der Waals surface area contributed by atoms with Crippen LogP contribution in [-0.4, -0.2) is 58.6 Å². The third-order valence-electron chi connectivity index (χ3n) is 7.00. The van der Waals surface area contributed by atoms with E-state index in [1.165, 1.54) is 27.3 Å². The van der Waals surface area contributed by atoms with Crippen LogP contribution in [0.25, 0.3) is 10.2 Å². The maximum atomic E-state index is 13.2. The van der Waals surface area contributed by atoms with Crippen LogP contribution in [0.5, 0.6) is 0 Å². The second-order valence-corrected chi connectivity index (χ2v) is 9.86. The molecule has 0 N–H and O–H groups in total. The van der Waals surface area contributed by atoms with Crippen molar-refractivity contribution in [1.29, 1.82) is 0 Å². The minimum atomic E-state index is 0.134. The molecule has 0 atom stereocenters. The smallest absolute Gasteiger partial charge is 0.262 e. The van der Waals surface area contributed by atoms with Gasteiger partial charge in [0.25, 0.3) is 5.56 Å². The van der Waals surface area contributed by atoms with Crippen LogP contribution < -0.4 is 10.5 Å². The highest BCUT2D eigenvalue weighted by Crippen LogP contribution is 2.34. The molecular formula is C24H31N5OS. The van der Waals surface area contributed by atoms with Gasteiger partial charge in [-0.2, -0.15) is 0 Å². The van der Waals surface area contributed by atoms with Crippen LogP contribution in [0.4, 0.5) is 5.69 Å². The molecule has 4 heterocycles. The van der Waals surface area contributed by atoms with E-state index in [1.807, 2.05) is 4.57 Å². The number of fused-ring (bicyclic) bond motifs is 3. The van der Waals surface area contributed by atoms with Crippen molar-refractivity contribution >= 4 is 27.2 Å². The molecule has 6 nitrogen and oxygen atoms in total. The van der Waals surface area contributed by atoms with Gasteiger partial charge in [0.1, 0.15) is 4.83 Å². The Bertz CT molecular complexity index is 1160. The molecule has 0 radical (unpaired) electrons. The maximum Gasteiger partial charge on any atom is 0.262 e. The first-order valence-corrected chi connectivity index (χ1v) is 12.1. The molecule has 0 amide bonds. The zero-order chi connectivity index (χ0) is 21.5. The van der Waals surface area contributed by atoms with Gasteiger partial charge in [0.05, 0.1) is 11.7 Å². The first-order valence-electron chi connectivity index (χ1n) is 11.3. The molecule has 164 valence electrons. The summed E-state index contributed by atoms with van der Waals surface area (Å²) >= 11 is 1.69. The number of piperazine rings is 1. The van der Waals surface area contributed by atoms with Gasteiger partial charge < -0.3 is 4.90 Å². The molecule has 0 aliphatic carbocycles. The van der Waals surface area contributed by atoms with Crippen molar-refractivity contribution < 1.29 is 0 Å². The molecule has 0 spiro atoms. The number of thiophene rings is 1. The molecule has 1 saturated heterocycles. The van der Waals surface area contributed by atoms with E-state index in [2.05, 4.69) is 58.7 Å². The average molecular weight is 438 g/mol. The first-order chi connectivity index (χ1) is 15.0. The van der Waals surface area contributed by atoms with E-state index in [0.29, 0.717) is 6.54 Å². The van der Waals surface area contributed by atoms with E-state index in [9.17, 15) is 4.79 Å². The predicted octanol–water partition coefficient (Wildman–Crippen LogP) is 3.23. The monoisotopic (exact) mass is 437 g/mol. The Kier molecular flexibility index (Phi) is 5.58. The van der Waals surface area contributed by atoms with Crippen LogP contribution in [0.3, 0.4) is 0 Å². The summed E-state index contributed by atoms with van der Waals surface area (Å²) < 4.78 is 1.82. The summed E-state index contributed by atoms with van der Waals surface area (Å²) in [6.45, 7) is 15.1. The van der Waals surface area contributed by atoms with Crippen molar-refractivity contribution in [3.05, 3.63) is 56.4 Å². The molecule has 2 aliphatic rings. The van der Waals surface area contributed by atoms with Gasteiger partial charge in [-0.3, -0.25) is 19.2 Å². The summed E-state index contributed by atoms with van der Waals surface area (Å²) in [7, 11) is 0. The second-order valence-electron chi connectivity index (χ2n) is 8.78. The summed E-state index contributed by atoms with van der Waals surface area (Å²) in [6.07, 6.45) is 1.75. The summed E-state index contributed by atoms with van der Waals surface area (Å²) in [5.74, 6) is 0. The van der Waals surface area contributed by atoms with Crippen LogP contribution in [0.1, 0.15) is 28.5 Å². The molecule has 0 unspecified atom stereocenters. The zero-order valence-corrected chi connectivity index (χ0v) is 19.5. The molecule has 5 rings (SSSR count). The summed E-state index contributed by atoms with van der Waals surface area (Å²) in [6, 6.07) is 6.57. The molecule has 0 saturated carbocycles. The van der Waals surface area contributed by atoms with Crippen molar-refractivity contribution in [2.24, 2.45) is 0 Å². The van der Waals surface area contributed by atoms with E-state index >= 15 is 0 Å². The van der Waals surface area contributed by atoms with E-state index in [4.69, 9.17) is 0 Å². The third-order valence-corrected chi connectivity index (χ3v) is 8.13. The lowest BCUT2D eigenvalue weighted by Crippen LogP contribution is -2.47. The maximum absolute atomic E-state index is 13.2. The lowest BCUT2D eigenvalue weighted by atomic mass is 10.1. The summed E-state index contributed by atoms with van der Waals surface area (Å²) in [5.41, 5.74) is 5.44. The largest absolute Gasteiger partial charge is 0.369 e. The van der Waals surface area contributed by atoms with Crippen LogP contribution in [-0.2, 0) is 19.6 Å². The predicted molar refractivity (Wildman–Crippen MR) is 128 cm³/mol. The molecule has 0 bridgehead atoms. The van der Waals surface area contributed by atoms with Gasteiger partial charge >= 0.3 is 0 Å². The van der Waals surface area contributed by atoms with Gasteiger partial charge in [0.2, 0.25) is 0 Å². The molecule has 3 aromatic rings. The number of aryl methyl sites for hydroxylation is 1. The fourth-order valence-electron chi connectivity index (χ4n) is 4.83. The van der Waals surface area contributed by atoms with Crippen LogP contribution in [0, 0.1) is 13.8 Å². The Morgan fingerprint density at radius 2 is 1.84 bits per heavy atom. The highest BCUT2D eigenvalue weighted by atomic mass is 32.1. The van der Waals surface area contributed by atoms with E-state index in [-0.39, 0.29) is 5.56 Å². The highest BCUT2D eigenvalue weighted by Gasteiger charge is 2.26. The topological polar surface area (TPSA) is 44.6 Å². The molecule has 7 heteroatoms. The van der Waals surface area contributed by atoms with Gasteiger partial charge in [-0.15, -0.1) is 11.3 Å². The first kappa shape index (κ1) is 20.7. The van der Waals surface area contributed by atoms with E-state index < -0.39 is 0 Å². The Balaban J connectivity index is 1.25. The third kappa shape index (κ3) is 3.79. The standard InChI is InChI=1S/C24H31N5OS/c1-4-26-14-19-21(15-26)31-23-22(19)24(30)29(16-25-23)13-10-27-8-11-28(12-9-27)20-7-5-6-17(2)18(20)3/h5-7,16H,4,8-15H2,1-3H3. The quantitative estimate of drug-likeness (QED) is 0.613. The molecular weight excluding hydrogens is 406 g/mol. The number of hydrogen-bond donors (Lipinski definition) is 0. The van der Waals surface area contributed by atoms with Crippen LogP contribution in [0.2, 0.25) is 0 Å². The molecule has 2 aromatic heterocycles. The van der Waals surface area contributed by atoms with Crippen molar-refractivity contribution in [2.75, 3.05) is 44.2 Å². The molecule has 1 fully saturated rings. The number of nitrogens with zero attached hydrogens (tertiary/aromatic N) is 5. The highest BCUT2D eigenvalue weighted by molar-refractivity contribution is 7.18. The zero-order valence-electron chi connectivity index (χ0n) is 18.7. The van der Waals surface area contributed by atoms with Crippen molar-refractivity contribution in [3.8, 4) is 0 Å². The van der Waals surface area contributed by atoms with Gasteiger partial charge in [0, 0.05) is 62.9 Å². The Labute approximate surface area is 187 Å². The number of hydrogen-bond acceptors (Lipinski definition) is 6. The van der Waals surface area contributed by atoms with E-state index in [1.54, 1.807) is 17.7 Å². The van der Waals surface area contributed by atoms with Crippen molar-refractivity contribution in [3.63, 3.8) is 0 Å². The van der Waals surface area contributed by atoms with Gasteiger partial charge in [-0.05, 0) is 43.1 Å². The van der Waals surface area contributed by atoms with Gasteiger partial charge in [-0.1, -0.05) is 19.1 Å². The SMILES string of the molecule is CCN1Cc2sc3ncn(CCN4CCN(c5cccc(C)c5C)CC4)c(=O)c3c2C1. The lowest BCUT2D eigenvalue weighted by molar-refractivity contribution is 0.247. The Morgan fingerprint density at radius 3 is 2.61 bits per heavy atom. The number of aromatic nitrogens is 2. The lowest BCUT2D eigenvalue weighted by Gasteiger charge is -2.37. The normalized spacial score (nSPS) is 17.6.